The average Bonchev–Trinajstić information content (AvgIpc) is 2.88. The minimum absolute atomic E-state index is 0.324. The molecule has 1 N–H and O–H groups in total. The second-order valence-electron chi connectivity index (χ2n) is 5.01. The first-order valence-corrected chi connectivity index (χ1v) is 6.58. The average molecular weight is 237 g/mol. The van der Waals surface area contributed by atoms with Crippen molar-refractivity contribution in [3.8, 4) is 0 Å². The lowest BCUT2D eigenvalue weighted by molar-refractivity contribution is 0.248. The van der Waals surface area contributed by atoms with Gasteiger partial charge in [-0.15, -0.1) is 0 Å². The molecule has 96 valence electrons. The smallest absolute Gasteiger partial charge is 0.0625 e. The van der Waals surface area contributed by atoms with Gasteiger partial charge >= 0.3 is 0 Å². The number of hydrogen-bond donors (Lipinski definition) is 1. The lowest BCUT2D eigenvalue weighted by Gasteiger charge is -2.15. The van der Waals surface area contributed by atoms with E-state index in [0.717, 1.165) is 32.5 Å². The highest BCUT2D eigenvalue weighted by Gasteiger charge is 2.22. The van der Waals surface area contributed by atoms with E-state index in [-0.39, 0.29) is 0 Å². The molecule has 1 aliphatic rings. The SMILES string of the molecule is CCc1cc(CN2CCC(CCO)C2)n(C)n1. The molecule has 17 heavy (non-hydrogen) atoms. The van der Waals surface area contributed by atoms with Crippen molar-refractivity contribution < 1.29 is 5.11 Å². The van der Waals surface area contributed by atoms with E-state index in [9.17, 15) is 0 Å². The van der Waals surface area contributed by atoms with Gasteiger partial charge in [-0.3, -0.25) is 9.58 Å². The molecule has 2 heterocycles. The van der Waals surface area contributed by atoms with E-state index in [1.165, 1.54) is 17.8 Å². The largest absolute Gasteiger partial charge is 0.396 e. The molecule has 1 aromatic rings. The summed E-state index contributed by atoms with van der Waals surface area (Å²) in [7, 11) is 2.02. The quantitative estimate of drug-likeness (QED) is 0.836. The fourth-order valence-electron chi connectivity index (χ4n) is 2.60. The van der Waals surface area contributed by atoms with Crippen LogP contribution in [0.1, 0.15) is 31.2 Å². The molecule has 1 saturated heterocycles. The minimum atomic E-state index is 0.324. The number of hydrogen-bond acceptors (Lipinski definition) is 3. The zero-order chi connectivity index (χ0) is 12.3. The molecule has 1 aliphatic heterocycles. The van der Waals surface area contributed by atoms with E-state index >= 15 is 0 Å². The Bertz CT molecular complexity index is 362. The van der Waals surface area contributed by atoms with Gasteiger partial charge in [-0.1, -0.05) is 6.92 Å². The van der Waals surface area contributed by atoms with E-state index in [4.69, 9.17) is 5.11 Å². The Morgan fingerprint density at radius 3 is 3.00 bits per heavy atom. The standard InChI is InChI=1S/C13H23N3O/c1-3-12-8-13(15(2)14-12)10-16-6-4-11(9-16)5-7-17/h8,11,17H,3-7,9-10H2,1-2H3. The van der Waals surface area contributed by atoms with Gasteiger partial charge in [-0.25, -0.2) is 0 Å². The normalized spacial score (nSPS) is 21.2. The summed E-state index contributed by atoms with van der Waals surface area (Å²) in [5.41, 5.74) is 2.47. The van der Waals surface area contributed by atoms with Crippen LogP contribution in [0.2, 0.25) is 0 Å². The van der Waals surface area contributed by atoms with Gasteiger partial charge in [0.15, 0.2) is 0 Å². The van der Waals surface area contributed by atoms with Crippen molar-refractivity contribution in [1.82, 2.24) is 14.7 Å². The number of aliphatic hydroxyl groups excluding tert-OH is 1. The number of rotatable bonds is 5. The van der Waals surface area contributed by atoms with Gasteiger partial charge < -0.3 is 5.11 Å². The molecule has 0 amide bonds. The van der Waals surface area contributed by atoms with E-state index < -0.39 is 0 Å². The molecule has 1 unspecified atom stereocenters. The topological polar surface area (TPSA) is 41.3 Å². The van der Waals surface area contributed by atoms with Crippen molar-refractivity contribution in [2.45, 2.75) is 32.7 Å². The summed E-state index contributed by atoms with van der Waals surface area (Å²) in [4.78, 5) is 2.47. The molecule has 0 radical (unpaired) electrons. The van der Waals surface area contributed by atoms with Crippen LogP contribution in [0.15, 0.2) is 6.07 Å². The fourth-order valence-corrected chi connectivity index (χ4v) is 2.60. The summed E-state index contributed by atoms with van der Waals surface area (Å²) >= 11 is 0. The van der Waals surface area contributed by atoms with Gasteiger partial charge in [0.1, 0.15) is 0 Å². The minimum Gasteiger partial charge on any atom is -0.396 e. The predicted octanol–water partition coefficient (Wildman–Crippen LogP) is 1.19. The molecule has 4 nitrogen and oxygen atoms in total. The Hall–Kier alpha value is -0.870. The van der Waals surface area contributed by atoms with Gasteiger partial charge in [-0.2, -0.15) is 5.10 Å². The highest BCUT2D eigenvalue weighted by Crippen LogP contribution is 2.21. The zero-order valence-corrected chi connectivity index (χ0v) is 10.9. The number of likely N-dealkylation sites (tertiary alicyclic amines) is 1. The number of aliphatic hydroxyl groups is 1. The van der Waals surface area contributed by atoms with Crippen molar-refractivity contribution in [1.29, 1.82) is 0 Å². The van der Waals surface area contributed by atoms with Crippen LogP contribution in [-0.2, 0) is 20.0 Å². The Balaban J connectivity index is 1.90. The molecule has 0 saturated carbocycles. The second-order valence-corrected chi connectivity index (χ2v) is 5.01. The molecular weight excluding hydrogens is 214 g/mol. The maximum Gasteiger partial charge on any atom is 0.0625 e. The number of aryl methyl sites for hydroxylation is 2. The lowest BCUT2D eigenvalue weighted by atomic mass is 10.1. The molecule has 4 heteroatoms. The van der Waals surface area contributed by atoms with E-state index in [0.29, 0.717) is 12.5 Å². The Kier molecular flexibility index (Phi) is 4.18. The molecule has 1 fully saturated rings. The van der Waals surface area contributed by atoms with Crippen molar-refractivity contribution in [3.63, 3.8) is 0 Å². The summed E-state index contributed by atoms with van der Waals surface area (Å²) < 4.78 is 2.00. The van der Waals surface area contributed by atoms with Gasteiger partial charge in [0.2, 0.25) is 0 Å². The van der Waals surface area contributed by atoms with Gasteiger partial charge in [0.25, 0.3) is 0 Å². The number of aromatic nitrogens is 2. The third-order valence-corrected chi connectivity index (χ3v) is 3.68. The highest BCUT2D eigenvalue weighted by molar-refractivity contribution is 5.10. The monoisotopic (exact) mass is 237 g/mol. The summed E-state index contributed by atoms with van der Waals surface area (Å²) in [5, 5.41) is 13.4. The highest BCUT2D eigenvalue weighted by atomic mass is 16.3. The summed E-state index contributed by atoms with van der Waals surface area (Å²) in [6.45, 7) is 5.72. The van der Waals surface area contributed by atoms with Crippen molar-refractivity contribution in [2.24, 2.45) is 13.0 Å². The fraction of sp³-hybridized carbons (Fsp3) is 0.769. The molecule has 2 rings (SSSR count). The van der Waals surface area contributed by atoms with Crippen LogP contribution in [0, 0.1) is 5.92 Å². The molecule has 0 spiro atoms. The molecule has 0 aliphatic carbocycles. The molecule has 0 aromatic carbocycles. The van der Waals surface area contributed by atoms with Gasteiger partial charge in [0.05, 0.1) is 11.4 Å². The van der Waals surface area contributed by atoms with E-state index in [1.807, 2.05) is 11.7 Å². The third kappa shape index (κ3) is 3.07. The van der Waals surface area contributed by atoms with Crippen LogP contribution in [0.4, 0.5) is 0 Å². The summed E-state index contributed by atoms with van der Waals surface area (Å²) in [5.74, 6) is 0.680. The maximum atomic E-state index is 8.95. The van der Waals surface area contributed by atoms with E-state index in [1.54, 1.807) is 0 Å². The van der Waals surface area contributed by atoms with Crippen LogP contribution in [0.3, 0.4) is 0 Å². The molecule has 1 aromatic heterocycles. The first-order chi connectivity index (χ1) is 8.22. The predicted molar refractivity (Wildman–Crippen MR) is 67.7 cm³/mol. The lowest BCUT2D eigenvalue weighted by Crippen LogP contribution is -2.21. The molecular formula is C13H23N3O. The first-order valence-electron chi connectivity index (χ1n) is 6.58. The molecule has 1 atom stereocenters. The van der Waals surface area contributed by atoms with Crippen LogP contribution in [-0.4, -0.2) is 39.5 Å². The Morgan fingerprint density at radius 2 is 2.35 bits per heavy atom. The summed E-state index contributed by atoms with van der Waals surface area (Å²) in [6.07, 6.45) is 3.17. The number of nitrogens with zero attached hydrogens (tertiary/aromatic N) is 3. The van der Waals surface area contributed by atoms with Gasteiger partial charge in [-0.05, 0) is 37.8 Å². The summed E-state index contributed by atoms with van der Waals surface area (Å²) in [6, 6.07) is 2.21. The Morgan fingerprint density at radius 1 is 1.53 bits per heavy atom. The van der Waals surface area contributed by atoms with Crippen LogP contribution in [0.5, 0.6) is 0 Å². The zero-order valence-electron chi connectivity index (χ0n) is 10.9. The van der Waals surface area contributed by atoms with Crippen molar-refractivity contribution in [3.05, 3.63) is 17.5 Å². The van der Waals surface area contributed by atoms with Crippen LogP contribution < -0.4 is 0 Å². The van der Waals surface area contributed by atoms with Crippen molar-refractivity contribution >= 4 is 0 Å². The third-order valence-electron chi connectivity index (χ3n) is 3.68. The second kappa shape index (κ2) is 5.65. The first kappa shape index (κ1) is 12.6. The molecule has 0 bridgehead atoms. The van der Waals surface area contributed by atoms with Crippen LogP contribution >= 0.6 is 0 Å². The van der Waals surface area contributed by atoms with E-state index in [2.05, 4.69) is 23.0 Å². The van der Waals surface area contributed by atoms with Crippen LogP contribution in [0.25, 0.3) is 0 Å². The van der Waals surface area contributed by atoms with Crippen molar-refractivity contribution in [2.75, 3.05) is 19.7 Å². The van der Waals surface area contributed by atoms with Gasteiger partial charge in [0, 0.05) is 26.7 Å². The maximum absolute atomic E-state index is 8.95. The Labute approximate surface area is 103 Å².